The molecule has 0 N–H and O–H groups in total. The highest BCUT2D eigenvalue weighted by Gasteiger charge is 2.33. The lowest BCUT2D eigenvalue weighted by Gasteiger charge is -2.36. The summed E-state index contributed by atoms with van der Waals surface area (Å²) in [4.78, 5) is 22.9. The Morgan fingerprint density at radius 2 is 1.76 bits per heavy atom. The van der Waals surface area contributed by atoms with Crippen molar-refractivity contribution < 1.29 is 18.0 Å². The van der Waals surface area contributed by atoms with E-state index in [2.05, 4.69) is 14.9 Å². The predicted molar refractivity (Wildman–Crippen MR) is 87.9 cm³/mol. The van der Waals surface area contributed by atoms with Crippen LogP contribution in [-0.4, -0.2) is 41.9 Å². The van der Waals surface area contributed by atoms with Crippen molar-refractivity contribution in [2.45, 2.75) is 13.1 Å². The third-order valence-electron chi connectivity index (χ3n) is 4.11. The van der Waals surface area contributed by atoms with Crippen LogP contribution in [0.2, 0.25) is 0 Å². The van der Waals surface area contributed by atoms with E-state index >= 15 is 0 Å². The molecular formula is C17H17F3N4O. The molecule has 2 heterocycles. The lowest BCUT2D eigenvalue weighted by molar-refractivity contribution is -0.141. The normalized spacial score (nSPS) is 15.4. The molecule has 1 aliphatic heterocycles. The van der Waals surface area contributed by atoms with E-state index in [0.29, 0.717) is 31.7 Å². The summed E-state index contributed by atoms with van der Waals surface area (Å²) in [5, 5.41) is 0. The van der Waals surface area contributed by atoms with Gasteiger partial charge in [-0.3, -0.25) is 4.79 Å². The van der Waals surface area contributed by atoms with E-state index in [-0.39, 0.29) is 11.7 Å². The van der Waals surface area contributed by atoms with Gasteiger partial charge in [0, 0.05) is 43.6 Å². The molecule has 0 spiro atoms. The van der Waals surface area contributed by atoms with Gasteiger partial charge in [-0.25, -0.2) is 9.97 Å². The molecule has 2 aromatic rings. The number of benzene rings is 1. The van der Waals surface area contributed by atoms with Crippen molar-refractivity contribution in [1.29, 1.82) is 0 Å². The fourth-order valence-corrected chi connectivity index (χ4v) is 2.74. The first-order chi connectivity index (χ1) is 11.8. The summed E-state index contributed by atoms with van der Waals surface area (Å²) >= 11 is 0. The van der Waals surface area contributed by atoms with Crippen molar-refractivity contribution in [1.82, 2.24) is 9.97 Å². The number of nitrogens with zero attached hydrogens (tertiary/aromatic N) is 4. The van der Waals surface area contributed by atoms with Gasteiger partial charge in [0.2, 0.25) is 5.95 Å². The molecule has 0 bridgehead atoms. The van der Waals surface area contributed by atoms with Crippen LogP contribution >= 0.6 is 0 Å². The molecule has 1 saturated heterocycles. The van der Waals surface area contributed by atoms with Gasteiger partial charge in [0.25, 0.3) is 0 Å². The van der Waals surface area contributed by atoms with Crippen LogP contribution in [-0.2, 0) is 6.18 Å². The van der Waals surface area contributed by atoms with E-state index < -0.39 is 11.9 Å². The van der Waals surface area contributed by atoms with Crippen molar-refractivity contribution in [3.05, 3.63) is 47.8 Å². The van der Waals surface area contributed by atoms with Gasteiger partial charge < -0.3 is 9.80 Å². The summed E-state index contributed by atoms with van der Waals surface area (Å²) in [6, 6.07) is 8.21. The van der Waals surface area contributed by atoms with Crippen LogP contribution in [0.1, 0.15) is 23.0 Å². The summed E-state index contributed by atoms with van der Waals surface area (Å²) in [6.07, 6.45) is -3.35. The average Bonchev–Trinajstić information content (AvgIpc) is 2.61. The van der Waals surface area contributed by atoms with Crippen LogP contribution in [0.5, 0.6) is 0 Å². The molecule has 5 nitrogen and oxygen atoms in total. The minimum atomic E-state index is -4.48. The highest BCUT2D eigenvalue weighted by atomic mass is 19.4. The van der Waals surface area contributed by atoms with Crippen LogP contribution in [0.4, 0.5) is 24.8 Å². The number of hydrogen-bond acceptors (Lipinski definition) is 5. The maximum absolute atomic E-state index is 12.8. The van der Waals surface area contributed by atoms with Gasteiger partial charge in [-0.1, -0.05) is 12.1 Å². The van der Waals surface area contributed by atoms with Gasteiger partial charge in [-0.15, -0.1) is 0 Å². The van der Waals surface area contributed by atoms with Gasteiger partial charge in [-0.2, -0.15) is 13.2 Å². The SMILES string of the molecule is CC(=O)c1cccc(N2CCN(c3nccc(C(F)(F)F)n3)CC2)c1. The smallest absolute Gasteiger partial charge is 0.368 e. The molecule has 0 unspecified atom stereocenters. The number of carbonyl (C=O) groups excluding carboxylic acids is 1. The van der Waals surface area contributed by atoms with Crippen LogP contribution in [0.3, 0.4) is 0 Å². The monoisotopic (exact) mass is 350 g/mol. The molecule has 0 radical (unpaired) electrons. The molecule has 0 atom stereocenters. The summed E-state index contributed by atoms with van der Waals surface area (Å²) in [6.45, 7) is 3.75. The second-order valence-corrected chi connectivity index (χ2v) is 5.82. The largest absolute Gasteiger partial charge is 0.433 e. The van der Waals surface area contributed by atoms with E-state index in [1.165, 1.54) is 6.92 Å². The Morgan fingerprint density at radius 3 is 2.40 bits per heavy atom. The first-order valence-electron chi connectivity index (χ1n) is 7.86. The molecule has 0 amide bonds. The zero-order valence-corrected chi connectivity index (χ0v) is 13.6. The second-order valence-electron chi connectivity index (χ2n) is 5.82. The number of piperazine rings is 1. The van der Waals surface area contributed by atoms with Gasteiger partial charge in [0.1, 0.15) is 5.69 Å². The van der Waals surface area contributed by atoms with Crippen molar-refractivity contribution >= 4 is 17.4 Å². The van der Waals surface area contributed by atoms with Crippen molar-refractivity contribution in [2.24, 2.45) is 0 Å². The molecule has 25 heavy (non-hydrogen) atoms. The van der Waals surface area contributed by atoms with Crippen molar-refractivity contribution in [2.75, 3.05) is 36.0 Å². The first kappa shape index (κ1) is 17.2. The number of ketones is 1. The molecule has 1 fully saturated rings. The molecular weight excluding hydrogens is 333 g/mol. The highest BCUT2D eigenvalue weighted by Crippen LogP contribution is 2.28. The number of rotatable bonds is 3. The first-order valence-corrected chi connectivity index (χ1v) is 7.86. The highest BCUT2D eigenvalue weighted by molar-refractivity contribution is 5.95. The maximum atomic E-state index is 12.8. The third kappa shape index (κ3) is 3.89. The molecule has 132 valence electrons. The molecule has 0 aliphatic carbocycles. The van der Waals surface area contributed by atoms with Crippen LogP contribution in [0, 0.1) is 0 Å². The number of aromatic nitrogens is 2. The molecule has 1 aliphatic rings. The third-order valence-corrected chi connectivity index (χ3v) is 4.11. The molecule has 1 aromatic carbocycles. The van der Waals surface area contributed by atoms with Crippen LogP contribution in [0.25, 0.3) is 0 Å². The van der Waals surface area contributed by atoms with E-state index in [4.69, 9.17) is 0 Å². The fourth-order valence-electron chi connectivity index (χ4n) is 2.74. The summed E-state index contributed by atoms with van der Waals surface area (Å²) in [5.74, 6) is 0.0878. The zero-order valence-electron chi connectivity index (χ0n) is 13.6. The van der Waals surface area contributed by atoms with E-state index in [9.17, 15) is 18.0 Å². The zero-order chi connectivity index (χ0) is 18.0. The average molecular weight is 350 g/mol. The Hall–Kier alpha value is -2.64. The number of alkyl halides is 3. The Morgan fingerprint density at radius 1 is 1.08 bits per heavy atom. The number of Topliss-reactive ketones (excluding diaryl/α,β-unsaturated/α-hetero) is 1. The minimum Gasteiger partial charge on any atom is -0.368 e. The lowest BCUT2D eigenvalue weighted by Crippen LogP contribution is -2.47. The topological polar surface area (TPSA) is 49.3 Å². The molecule has 0 saturated carbocycles. The van der Waals surface area contributed by atoms with E-state index in [0.717, 1.165) is 18.0 Å². The quantitative estimate of drug-likeness (QED) is 0.797. The summed E-state index contributed by atoms with van der Waals surface area (Å²) in [5.41, 5.74) is 0.632. The Balaban J connectivity index is 1.70. The minimum absolute atomic E-state index is 0.00199. The maximum Gasteiger partial charge on any atom is 0.433 e. The van der Waals surface area contributed by atoms with Gasteiger partial charge in [-0.05, 0) is 25.1 Å². The van der Waals surface area contributed by atoms with Crippen molar-refractivity contribution in [3.8, 4) is 0 Å². The van der Waals surface area contributed by atoms with E-state index in [1.807, 2.05) is 18.2 Å². The Kier molecular flexibility index (Phi) is 4.61. The molecule has 1 aromatic heterocycles. The van der Waals surface area contributed by atoms with Crippen LogP contribution < -0.4 is 9.80 Å². The number of halogens is 3. The predicted octanol–water partition coefficient (Wildman–Crippen LogP) is 3.02. The van der Waals surface area contributed by atoms with Gasteiger partial charge >= 0.3 is 6.18 Å². The van der Waals surface area contributed by atoms with Gasteiger partial charge in [0.05, 0.1) is 0 Å². The summed E-state index contributed by atoms with van der Waals surface area (Å²) < 4.78 is 38.3. The van der Waals surface area contributed by atoms with E-state index in [1.54, 1.807) is 11.0 Å². The summed E-state index contributed by atoms with van der Waals surface area (Å²) in [7, 11) is 0. The molecule has 3 rings (SSSR count). The van der Waals surface area contributed by atoms with Crippen molar-refractivity contribution in [3.63, 3.8) is 0 Å². The van der Waals surface area contributed by atoms with Crippen LogP contribution in [0.15, 0.2) is 36.5 Å². The standard InChI is InChI=1S/C17H17F3N4O/c1-12(25)13-3-2-4-14(11-13)23-7-9-24(10-8-23)16-21-6-5-15(22-16)17(18,19)20/h2-6,11H,7-10H2,1H3. The Bertz CT molecular complexity index is 770. The lowest BCUT2D eigenvalue weighted by atomic mass is 10.1. The Labute approximate surface area is 143 Å². The number of hydrogen-bond donors (Lipinski definition) is 0. The number of carbonyl (C=O) groups is 1. The number of anilines is 2. The van der Waals surface area contributed by atoms with Gasteiger partial charge in [0.15, 0.2) is 5.78 Å². The fraction of sp³-hybridized carbons (Fsp3) is 0.353. The molecule has 8 heteroatoms. The second kappa shape index (κ2) is 6.70.